The van der Waals surface area contributed by atoms with E-state index in [4.69, 9.17) is 10.5 Å². The third-order valence-electron chi connectivity index (χ3n) is 3.52. The first-order valence-electron chi connectivity index (χ1n) is 6.54. The Kier molecular flexibility index (Phi) is 6.42. The van der Waals surface area contributed by atoms with E-state index in [0.29, 0.717) is 0 Å². The molecule has 2 amide bonds. The van der Waals surface area contributed by atoms with Crippen molar-refractivity contribution in [2.24, 2.45) is 11.7 Å². The normalized spacial score (nSPS) is 15.2. The number of amides is 2. The van der Waals surface area contributed by atoms with Crippen molar-refractivity contribution in [1.29, 1.82) is 0 Å². The quantitative estimate of drug-likeness (QED) is 0.559. The lowest BCUT2D eigenvalue weighted by atomic mass is 9.87. The second-order valence-electron chi connectivity index (χ2n) is 5.15. The maximum atomic E-state index is 12.1. The Morgan fingerprint density at radius 2 is 1.70 bits per heavy atom. The molecule has 0 heterocycles. The summed E-state index contributed by atoms with van der Waals surface area (Å²) in [5, 5.41) is 2.59. The minimum Gasteiger partial charge on any atom is -0.463 e. The molecule has 3 N–H and O–H groups in total. The molecule has 0 saturated heterocycles. The van der Waals surface area contributed by atoms with Gasteiger partial charge in [0.25, 0.3) is 0 Å². The third kappa shape index (κ3) is 4.08. The van der Waals surface area contributed by atoms with Crippen LogP contribution in [0, 0.1) is 5.92 Å². The van der Waals surface area contributed by atoms with Gasteiger partial charge in [-0.25, -0.2) is 4.79 Å². The Morgan fingerprint density at radius 3 is 2.05 bits per heavy atom. The number of ether oxygens (including phenoxy) is 1. The van der Waals surface area contributed by atoms with E-state index in [1.54, 1.807) is 27.7 Å². The van der Waals surface area contributed by atoms with Gasteiger partial charge in [0.1, 0.15) is 5.54 Å². The molecule has 0 aliphatic carbocycles. The fraction of sp³-hybridized carbons (Fsp3) is 0.643. The number of rotatable bonds is 6. The van der Waals surface area contributed by atoms with Crippen LogP contribution in [0.1, 0.15) is 41.5 Å². The number of nitrogens with two attached hydrogens (primary N) is 1. The van der Waals surface area contributed by atoms with Gasteiger partial charge in [-0.15, -0.1) is 0 Å². The Bertz CT molecular complexity index is 440. The predicted molar refractivity (Wildman–Crippen MR) is 75.6 cm³/mol. The molecule has 0 aliphatic heterocycles. The molecule has 6 heteroatoms. The summed E-state index contributed by atoms with van der Waals surface area (Å²) in [4.78, 5) is 35.2. The number of esters is 1. The topological polar surface area (TPSA) is 98.5 Å². The Hall–Kier alpha value is -1.85. The van der Waals surface area contributed by atoms with Crippen LogP contribution < -0.4 is 11.1 Å². The van der Waals surface area contributed by atoms with Gasteiger partial charge in [0.2, 0.25) is 11.8 Å². The van der Waals surface area contributed by atoms with Crippen molar-refractivity contribution in [2.75, 3.05) is 6.61 Å². The zero-order valence-corrected chi connectivity index (χ0v) is 13.0. The van der Waals surface area contributed by atoms with Crippen LogP contribution in [0.5, 0.6) is 0 Å². The highest BCUT2D eigenvalue weighted by Crippen LogP contribution is 2.17. The van der Waals surface area contributed by atoms with Crippen molar-refractivity contribution in [3.8, 4) is 0 Å². The van der Waals surface area contributed by atoms with Crippen LogP contribution in [0.4, 0.5) is 0 Å². The Balaban J connectivity index is 5.23. The second kappa shape index (κ2) is 7.07. The summed E-state index contributed by atoms with van der Waals surface area (Å²) >= 11 is 0. The highest BCUT2D eigenvalue weighted by atomic mass is 16.5. The first kappa shape index (κ1) is 18.1. The molecule has 0 rings (SSSR count). The largest absolute Gasteiger partial charge is 0.463 e. The molecular formula is C14H24N2O4. The smallest absolute Gasteiger partial charge is 0.334 e. The van der Waals surface area contributed by atoms with E-state index in [0.717, 1.165) is 0 Å². The standard InChI is InChI=1S/C14H24N2O4/c1-7-20-12(18)10(5)9(4)11(17)16-14(6,8(2)3)13(15)19/h8H,7H2,1-6H3,(H2,15,19)(H,16,17). The molecule has 20 heavy (non-hydrogen) atoms. The molecule has 1 atom stereocenters. The third-order valence-corrected chi connectivity index (χ3v) is 3.52. The minimum atomic E-state index is -1.17. The van der Waals surface area contributed by atoms with Crippen molar-refractivity contribution in [1.82, 2.24) is 5.32 Å². The number of hydrogen-bond donors (Lipinski definition) is 2. The summed E-state index contributed by atoms with van der Waals surface area (Å²) in [6.45, 7) is 10.0. The van der Waals surface area contributed by atoms with E-state index >= 15 is 0 Å². The van der Waals surface area contributed by atoms with Gasteiger partial charge in [-0.3, -0.25) is 9.59 Å². The van der Waals surface area contributed by atoms with E-state index in [-0.39, 0.29) is 23.7 Å². The molecule has 0 aromatic carbocycles. The van der Waals surface area contributed by atoms with E-state index in [2.05, 4.69) is 5.32 Å². The molecule has 0 saturated carbocycles. The average Bonchev–Trinajstić information content (AvgIpc) is 2.36. The molecule has 1 unspecified atom stereocenters. The molecule has 114 valence electrons. The van der Waals surface area contributed by atoms with Gasteiger partial charge in [0.15, 0.2) is 0 Å². The van der Waals surface area contributed by atoms with Crippen molar-refractivity contribution >= 4 is 17.8 Å². The van der Waals surface area contributed by atoms with E-state index in [9.17, 15) is 14.4 Å². The molecule has 0 bridgehead atoms. The average molecular weight is 284 g/mol. The van der Waals surface area contributed by atoms with Gasteiger partial charge in [0.05, 0.1) is 6.61 Å². The predicted octanol–water partition coefficient (Wildman–Crippen LogP) is 0.902. The summed E-state index contributed by atoms with van der Waals surface area (Å²) in [6, 6.07) is 0. The van der Waals surface area contributed by atoms with Crippen molar-refractivity contribution in [3.05, 3.63) is 11.1 Å². The SMILES string of the molecule is CCOC(=O)C(C)=C(C)C(=O)NC(C)(C(N)=O)C(C)C. The molecule has 0 aromatic rings. The molecular weight excluding hydrogens is 260 g/mol. The lowest BCUT2D eigenvalue weighted by molar-refractivity contribution is -0.138. The van der Waals surface area contributed by atoms with Gasteiger partial charge in [0, 0.05) is 11.1 Å². The van der Waals surface area contributed by atoms with Crippen LogP contribution in [0.15, 0.2) is 11.1 Å². The highest BCUT2D eigenvalue weighted by molar-refractivity contribution is 6.04. The number of nitrogens with one attached hydrogen (secondary N) is 1. The van der Waals surface area contributed by atoms with Crippen LogP contribution in [0.2, 0.25) is 0 Å². The van der Waals surface area contributed by atoms with Crippen molar-refractivity contribution in [2.45, 2.75) is 47.1 Å². The maximum Gasteiger partial charge on any atom is 0.334 e. The van der Waals surface area contributed by atoms with Crippen molar-refractivity contribution < 1.29 is 19.1 Å². The zero-order valence-electron chi connectivity index (χ0n) is 13.0. The number of hydrogen-bond acceptors (Lipinski definition) is 4. The van der Waals surface area contributed by atoms with E-state index in [1.165, 1.54) is 13.8 Å². The molecule has 0 aliphatic rings. The van der Waals surface area contributed by atoms with Gasteiger partial charge in [-0.1, -0.05) is 13.8 Å². The molecule has 0 aromatic heterocycles. The Labute approximate surface area is 119 Å². The maximum absolute atomic E-state index is 12.1. The van der Waals surface area contributed by atoms with Gasteiger partial charge >= 0.3 is 5.97 Å². The highest BCUT2D eigenvalue weighted by Gasteiger charge is 2.36. The minimum absolute atomic E-state index is 0.181. The van der Waals surface area contributed by atoms with Crippen LogP contribution in [-0.4, -0.2) is 29.9 Å². The van der Waals surface area contributed by atoms with Gasteiger partial charge < -0.3 is 15.8 Å². The van der Waals surface area contributed by atoms with Crippen LogP contribution >= 0.6 is 0 Å². The molecule has 0 spiro atoms. The van der Waals surface area contributed by atoms with Crippen LogP contribution in [0.3, 0.4) is 0 Å². The van der Waals surface area contributed by atoms with E-state index < -0.39 is 23.3 Å². The lowest BCUT2D eigenvalue weighted by Gasteiger charge is -2.31. The number of carbonyl (C=O) groups excluding carboxylic acids is 3. The van der Waals surface area contributed by atoms with Crippen molar-refractivity contribution in [3.63, 3.8) is 0 Å². The monoisotopic (exact) mass is 284 g/mol. The Morgan fingerprint density at radius 1 is 1.20 bits per heavy atom. The number of carbonyl (C=O) groups is 3. The summed E-state index contributed by atoms with van der Waals surface area (Å²) in [6.07, 6.45) is 0. The fourth-order valence-corrected chi connectivity index (χ4v) is 1.38. The fourth-order valence-electron chi connectivity index (χ4n) is 1.38. The second-order valence-corrected chi connectivity index (χ2v) is 5.15. The summed E-state index contributed by atoms with van der Waals surface area (Å²) in [7, 11) is 0. The molecule has 0 radical (unpaired) electrons. The first-order chi connectivity index (χ1) is 9.07. The summed E-state index contributed by atoms with van der Waals surface area (Å²) < 4.78 is 4.83. The van der Waals surface area contributed by atoms with Gasteiger partial charge in [-0.05, 0) is 33.6 Å². The van der Waals surface area contributed by atoms with Crippen LogP contribution in [0.25, 0.3) is 0 Å². The zero-order chi connectivity index (χ0) is 16.1. The summed E-state index contributed by atoms with van der Waals surface area (Å²) in [5.74, 6) is -1.86. The summed E-state index contributed by atoms with van der Waals surface area (Å²) in [5.41, 5.74) is 4.58. The van der Waals surface area contributed by atoms with E-state index in [1.807, 2.05) is 0 Å². The van der Waals surface area contributed by atoms with Gasteiger partial charge in [-0.2, -0.15) is 0 Å². The molecule has 0 fully saturated rings. The lowest BCUT2D eigenvalue weighted by Crippen LogP contribution is -2.59. The first-order valence-corrected chi connectivity index (χ1v) is 6.54. The van der Waals surface area contributed by atoms with Crippen LogP contribution in [-0.2, 0) is 19.1 Å². The molecule has 6 nitrogen and oxygen atoms in total. The number of primary amides is 1.